The number of terminal acetylenes is 1. The van der Waals surface area contributed by atoms with Crippen LogP contribution in [0.3, 0.4) is 0 Å². The summed E-state index contributed by atoms with van der Waals surface area (Å²) >= 11 is 0. The lowest BCUT2D eigenvalue weighted by atomic mass is 10.3. The van der Waals surface area contributed by atoms with E-state index in [0.717, 1.165) is 0 Å². The van der Waals surface area contributed by atoms with Crippen LogP contribution in [0.2, 0.25) is 0 Å². The quantitative estimate of drug-likeness (QED) is 0.714. The van der Waals surface area contributed by atoms with Crippen molar-refractivity contribution in [1.29, 1.82) is 0 Å². The summed E-state index contributed by atoms with van der Waals surface area (Å²) in [6.07, 6.45) is 6.48. The largest absolute Gasteiger partial charge is 0.480 e. The molecule has 0 saturated heterocycles. The Morgan fingerprint density at radius 3 is 3.00 bits per heavy atom. The molecule has 1 aromatic heterocycles. The van der Waals surface area contributed by atoms with Crippen molar-refractivity contribution in [2.45, 2.75) is 13.5 Å². The van der Waals surface area contributed by atoms with Gasteiger partial charge in [0.1, 0.15) is 5.76 Å². The molecular formula is C10H12N2O3. The second-order valence-corrected chi connectivity index (χ2v) is 3.10. The molecule has 80 valence electrons. The van der Waals surface area contributed by atoms with E-state index in [-0.39, 0.29) is 13.1 Å². The second-order valence-electron chi connectivity index (χ2n) is 3.10. The van der Waals surface area contributed by atoms with Crippen LogP contribution in [0.15, 0.2) is 10.8 Å². The molecule has 0 atom stereocenters. The fraction of sp³-hybridized carbons (Fsp3) is 0.400. The third-order valence-electron chi connectivity index (χ3n) is 1.89. The van der Waals surface area contributed by atoms with Gasteiger partial charge in [-0.15, -0.1) is 6.42 Å². The molecule has 0 amide bonds. The number of aliphatic carboxylic acids is 1. The standard InChI is InChI=1S/C10H12N2O3/c1-3-4-12(6-10(13)14)5-9-8(2)15-7-11-9/h1,7H,4-6H2,2H3,(H,13,14). The Bertz CT molecular complexity index is 378. The first kappa shape index (κ1) is 11.3. The van der Waals surface area contributed by atoms with Gasteiger partial charge in [-0.2, -0.15) is 0 Å². The van der Waals surface area contributed by atoms with Gasteiger partial charge in [0.05, 0.1) is 18.8 Å². The third kappa shape index (κ3) is 3.44. The molecule has 1 N–H and O–H groups in total. The van der Waals surface area contributed by atoms with Crippen LogP contribution in [0.5, 0.6) is 0 Å². The molecule has 5 nitrogen and oxygen atoms in total. The average Bonchev–Trinajstić information content (AvgIpc) is 2.51. The van der Waals surface area contributed by atoms with Crippen molar-refractivity contribution in [3.8, 4) is 12.3 Å². The molecule has 0 bridgehead atoms. The van der Waals surface area contributed by atoms with Gasteiger partial charge < -0.3 is 9.52 Å². The summed E-state index contributed by atoms with van der Waals surface area (Å²) in [5.41, 5.74) is 0.714. The molecule has 15 heavy (non-hydrogen) atoms. The first-order valence-electron chi connectivity index (χ1n) is 4.40. The first-order valence-corrected chi connectivity index (χ1v) is 4.40. The number of nitrogens with zero attached hydrogens (tertiary/aromatic N) is 2. The van der Waals surface area contributed by atoms with E-state index in [2.05, 4.69) is 10.9 Å². The van der Waals surface area contributed by atoms with Crippen molar-refractivity contribution in [3.63, 3.8) is 0 Å². The van der Waals surface area contributed by atoms with Crippen LogP contribution >= 0.6 is 0 Å². The molecular weight excluding hydrogens is 196 g/mol. The van der Waals surface area contributed by atoms with Gasteiger partial charge in [0, 0.05) is 6.54 Å². The molecule has 0 radical (unpaired) electrons. The Labute approximate surface area is 87.7 Å². The van der Waals surface area contributed by atoms with Crippen molar-refractivity contribution >= 4 is 5.97 Å². The van der Waals surface area contributed by atoms with Gasteiger partial charge in [-0.1, -0.05) is 5.92 Å². The molecule has 0 aliphatic rings. The zero-order valence-corrected chi connectivity index (χ0v) is 8.43. The highest BCUT2D eigenvalue weighted by Crippen LogP contribution is 2.07. The Hall–Kier alpha value is -1.80. The van der Waals surface area contributed by atoms with Crippen LogP contribution in [0.1, 0.15) is 11.5 Å². The van der Waals surface area contributed by atoms with Crippen molar-refractivity contribution in [2.24, 2.45) is 0 Å². The van der Waals surface area contributed by atoms with Gasteiger partial charge in [-0.3, -0.25) is 9.69 Å². The summed E-state index contributed by atoms with van der Waals surface area (Å²) in [5.74, 6) is 2.18. The van der Waals surface area contributed by atoms with Crippen LogP contribution in [0.25, 0.3) is 0 Å². The fourth-order valence-electron chi connectivity index (χ4n) is 1.18. The van der Waals surface area contributed by atoms with Gasteiger partial charge >= 0.3 is 5.97 Å². The number of hydrogen-bond acceptors (Lipinski definition) is 4. The molecule has 0 aromatic carbocycles. The van der Waals surface area contributed by atoms with E-state index in [9.17, 15) is 4.79 Å². The molecule has 0 fully saturated rings. The minimum Gasteiger partial charge on any atom is -0.480 e. The molecule has 1 heterocycles. The van der Waals surface area contributed by atoms with E-state index in [1.807, 2.05) is 0 Å². The molecule has 0 unspecified atom stereocenters. The predicted octanol–water partition coefficient (Wildman–Crippen LogP) is 0.503. The highest BCUT2D eigenvalue weighted by Gasteiger charge is 2.12. The van der Waals surface area contributed by atoms with E-state index < -0.39 is 5.97 Å². The van der Waals surface area contributed by atoms with Gasteiger partial charge in [0.25, 0.3) is 0 Å². The lowest BCUT2D eigenvalue weighted by molar-refractivity contribution is -0.138. The molecule has 1 aromatic rings. The fourth-order valence-corrected chi connectivity index (χ4v) is 1.18. The number of oxazole rings is 1. The predicted molar refractivity (Wildman–Crippen MR) is 53.0 cm³/mol. The maximum absolute atomic E-state index is 10.5. The zero-order chi connectivity index (χ0) is 11.3. The summed E-state index contributed by atoms with van der Waals surface area (Å²) < 4.78 is 5.01. The Morgan fingerprint density at radius 1 is 1.80 bits per heavy atom. The summed E-state index contributed by atoms with van der Waals surface area (Å²) in [7, 11) is 0. The smallest absolute Gasteiger partial charge is 0.317 e. The van der Waals surface area contributed by atoms with E-state index in [1.165, 1.54) is 6.39 Å². The number of hydrogen-bond donors (Lipinski definition) is 1. The van der Waals surface area contributed by atoms with E-state index >= 15 is 0 Å². The Morgan fingerprint density at radius 2 is 2.53 bits per heavy atom. The number of carboxylic acids is 1. The van der Waals surface area contributed by atoms with Gasteiger partial charge in [0.2, 0.25) is 0 Å². The van der Waals surface area contributed by atoms with Crippen LogP contribution in [0.4, 0.5) is 0 Å². The highest BCUT2D eigenvalue weighted by atomic mass is 16.4. The van der Waals surface area contributed by atoms with Crippen molar-refractivity contribution in [3.05, 3.63) is 17.8 Å². The highest BCUT2D eigenvalue weighted by molar-refractivity contribution is 5.69. The maximum atomic E-state index is 10.5. The molecule has 0 aliphatic heterocycles. The van der Waals surface area contributed by atoms with Crippen LogP contribution in [-0.4, -0.2) is 34.0 Å². The second kappa shape index (κ2) is 5.17. The first-order chi connectivity index (χ1) is 7.13. The van der Waals surface area contributed by atoms with Crippen molar-refractivity contribution in [1.82, 2.24) is 9.88 Å². The summed E-state index contributed by atoms with van der Waals surface area (Å²) in [6, 6.07) is 0. The summed E-state index contributed by atoms with van der Waals surface area (Å²) in [4.78, 5) is 16.1. The number of aryl methyl sites for hydroxylation is 1. The lowest BCUT2D eigenvalue weighted by Gasteiger charge is -2.15. The Kier molecular flexibility index (Phi) is 3.89. The van der Waals surface area contributed by atoms with E-state index in [0.29, 0.717) is 18.0 Å². The number of carbonyl (C=O) groups is 1. The van der Waals surface area contributed by atoms with Gasteiger partial charge in [-0.25, -0.2) is 4.98 Å². The molecule has 0 saturated carbocycles. The lowest BCUT2D eigenvalue weighted by Crippen LogP contribution is -2.30. The monoisotopic (exact) mass is 208 g/mol. The molecule has 5 heteroatoms. The zero-order valence-electron chi connectivity index (χ0n) is 8.43. The average molecular weight is 208 g/mol. The Balaban J connectivity index is 2.63. The van der Waals surface area contributed by atoms with E-state index in [1.54, 1.807) is 11.8 Å². The number of rotatable bonds is 5. The van der Waals surface area contributed by atoms with Gasteiger partial charge in [0.15, 0.2) is 6.39 Å². The van der Waals surface area contributed by atoms with Crippen LogP contribution in [-0.2, 0) is 11.3 Å². The van der Waals surface area contributed by atoms with E-state index in [4.69, 9.17) is 15.9 Å². The maximum Gasteiger partial charge on any atom is 0.317 e. The topological polar surface area (TPSA) is 66.6 Å². The van der Waals surface area contributed by atoms with Crippen molar-refractivity contribution < 1.29 is 14.3 Å². The minimum atomic E-state index is -0.911. The molecule has 1 rings (SSSR count). The molecule has 0 aliphatic carbocycles. The van der Waals surface area contributed by atoms with Gasteiger partial charge in [-0.05, 0) is 6.92 Å². The van der Waals surface area contributed by atoms with Crippen LogP contribution in [0, 0.1) is 19.3 Å². The van der Waals surface area contributed by atoms with Crippen molar-refractivity contribution in [2.75, 3.05) is 13.1 Å². The number of carboxylic acid groups (broad SMARTS) is 1. The minimum absolute atomic E-state index is 0.101. The summed E-state index contributed by atoms with van der Waals surface area (Å²) in [5, 5.41) is 8.65. The third-order valence-corrected chi connectivity index (χ3v) is 1.89. The van der Waals surface area contributed by atoms with Crippen LogP contribution < -0.4 is 0 Å². The summed E-state index contributed by atoms with van der Waals surface area (Å²) in [6.45, 7) is 2.34. The normalized spacial score (nSPS) is 10.2. The number of aromatic nitrogens is 1. The molecule has 0 spiro atoms. The SMILES string of the molecule is C#CCN(CC(=O)O)Cc1ncoc1C.